The van der Waals surface area contributed by atoms with Gasteiger partial charge in [-0.15, -0.1) is 0 Å². The molecule has 0 rings (SSSR count). The van der Waals surface area contributed by atoms with Crippen LogP contribution in [0.3, 0.4) is 0 Å². The molecule has 0 spiro atoms. The van der Waals surface area contributed by atoms with E-state index in [0.717, 1.165) is 0 Å². The van der Waals surface area contributed by atoms with Crippen molar-refractivity contribution in [3.05, 3.63) is 0 Å². The molecule has 0 aromatic rings. The molecule has 0 saturated heterocycles. The molecule has 7 heavy (non-hydrogen) atoms. The fourth-order valence-electron chi connectivity index (χ4n) is 0. The van der Waals surface area contributed by atoms with Crippen LogP contribution in [0.5, 0.6) is 0 Å². The van der Waals surface area contributed by atoms with Crippen molar-refractivity contribution in [3.8, 4) is 0 Å². The maximum Gasteiger partial charge on any atom is 2.00 e. The first-order chi connectivity index (χ1) is 2.64. The van der Waals surface area contributed by atoms with Crippen LogP contribution in [0.25, 0.3) is 0 Å². The van der Waals surface area contributed by atoms with Crippen LogP contribution in [0, 0.1) is 0 Å². The molecule has 5 heteroatoms. The van der Waals surface area contributed by atoms with Crippen molar-refractivity contribution in [3.63, 3.8) is 0 Å². The standard InChI is InChI=1S/C2H2O4.Ca/c3-1(4)2(5)6;/h(H,3,4)(H,5,6);/q;+2/p-1. The van der Waals surface area contributed by atoms with Gasteiger partial charge in [0, 0.05) is 0 Å². The zero-order chi connectivity index (χ0) is 5.15. The summed E-state index contributed by atoms with van der Waals surface area (Å²) in [6.07, 6.45) is 0. The van der Waals surface area contributed by atoms with Gasteiger partial charge in [0.15, 0.2) is 0 Å². The Labute approximate surface area is 70.6 Å². The minimum atomic E-state index is -2.19. The molecular formula is C2HCaO4+. The molecule has 0 saturated carbocycles. The Morgan fingerprint density at radius 3 is 1.29 bits per heavy atom. The maximum atomic E-state index is 8.93. The molecule has 4 nitrogen and oxygen atoms in total. The van der Waals surface area contributed by atoms with Gasteiger partial charge in [-0.1, -0.05) is 0 Å². The number of rotatable bonds is 0. The minimum Gasteiger partial charge on any atom is -0.543 e. The summed E-state index contributed by atoms with van der Waals surface area (Å²) in [4.78, 5) is 17.9. The molecule has 0 amide bonds. The molecule has 0 heterocycles. The van der Waals surface area contributed by atoms with Crippen LogP contribution >= 0.6 is 0 Å². The average molecular weight is 129 g/mol. The molecule has 0 aliphatic carbocycles. The Balaban J connectivity index is -0.000000125. The van der Waals surface area contributed by atoms with Crippen molar-refractivity contribution < 1.29 is 21.2 Å². The molecular weight excluding hydrogens is 128 g/mol. The maximum absolute atomic E-state index is 8.93. The fourth-order valence-corrected chi connectivity index (χ4v) is 0. The van der Waals surface area contributed by atoms with E-state index >= 15 is 0 Å². The number of carbonyl (C=O) groups excluding carboxylic acids is 2. The van der Waals surface area contributed by atoms with E-state index in [0.29, 0.717) is 0 Å². The molecule has 0 aromatic heterocycles. The van der Waals surface area contributed by atoms with E-state index in [9.17, 15) is 0 Å². The zero-order valence-corrected chi connectivity index (χ0v) is 5.55. The van der Waals surface area contributed by atoms with E-state index in [1.807, 2.05) is 0 Å². The first-order valence-corrected chi connectivity index (χ1v) is 1.07. The summed E-state index contributed by atoms with van der Waals surface area (Å²) in [7, 11) is 0. The van der Waals surface area contributed by atoms with E-state index in [-0.39, 0.29) is 39.2 Å². The molecule has 0 atom stereocenters. The molecule has 0 aliphatic rings. The summed E-state index contributed by atoms with van der Waals surface area (Å²) >= 11 is 0. The Morgan fingerprint density at radius 2 is 1.29 bits per heavy atom. The topological polar surface area (TPSA) is 80.3 Å². The van der Waals surface area contributed by atoms with Gasteiger partial charge in [-0.05, 0) is 0 Å². The monoisotopic (exact) mass is 129 g/mol. The van der Waals surface area contributed by atoms with Gasteiger partial charge < -0.3 is 19.8 Å². The van der Waals surface area contributed by atoms with Crippen LogP contribution in [0.1, 0.15) is 1.43 Å². The summed E-state index contributed by atoms with van der Waals surface area (Å²) in [6.45, 7) is 0. The normalized spacial score (nSPS) is 6.29. The largest absolute Gasteiger partial charge is 2.00 e. The van der Waals surface area contributed by atoms with Gasteiger partial charge in [-0.3, -0.25) is 0 Å². The van der Waals surface area contributed by atoms with E-state index in [2.05, 4.69) is 0 Å². The van der Waals surface area contributed by atoms with Crippen LogP contribution in [0.4, 0.5) is 0 Å². The number of hydrogen-bond donors (Lipinski definition) is 0. The van der Waals surface area contributed by atoms with Crippen molar-refractivity contribution >= 4 is 49.7 Å². The summed E-state index contributed by atoms with van der Waals surface area (Å²) in [5, 5.41) is 17.9. The average Bonchev–Trinajstić information content (AvgIpc) is 1.36. The van der Waals surface area contributed by atoms with Gasteiger partial charge in [0.25, 0.3) is 0 Å². The van der Waals surface area contributed by atoms with E-state index in [1.54, 1.807) is 0 Å². The molecule has 0 N–H and O–H groups in total. The first-order valence-electron chi connectivity index (χ1n) is 1.07. The Bertz CT molecular complexity index is 80.0. The van der Waals surface area contributed by atoms with Crippen LogP contribution in [-0.2, 0) is 9.59 Å². The van der Waals surface area contributed by atoms with Crippen molar-refractivity contribution in [2.75, 3.05) is 0 Å². The first kappa shape index (κ1) is 10.2. The second-order valence-electron chi connectivity index (χ2n) is 0.575. The molecule has 0 aliphatic heterocycles. The minimum absolute atomic E-state index is 0. The van der Waals surface area contributed by atoms with E-state index < -0.39 is 11.9 Å². The predicted molar refractivity (Wildman–Crippen MR) is 16.9 cm³/mol. The van der Waals surface area contributed by atoms with Crippen LogP contribution < -0.4 is 10.2 Å². The van der Waals surface area contributed by atoms with Gasteiger partial charge >= 0.3 is 39.2 Å². The second-order valence-corrected chi connectivity index (χ2v) is 0.575. The number of carboxylic acid groups (broad SMARTS) is 2. The summed E-state index contributed by atoms with van der Waals surface area (Å²) in [5.74, 6) is -4.37. The third kappa shape index (κ3) is 6.20. The Morgan fingerprint density at radius 1 is 1.14 bits per heavy atom. The van der Waals surface area contributed by atoms with E-state index in [1.165, 1.54) is 0 Å². The van der Waals surface area contributed by atoms with Gasteiger partial charge in [0.1, 0.15) is 0 Å². The van der Waals surface area contributed by atoms with Crippen molar-refractivity contribution in [1.82, 2.24) is 0 Å². The molecule has 0 aromatic carbocycles. The van der Waals surface area contributed by atoms with Crippen molar-refractivity contribution in [2.45, 2.75) is 0 Å². The van der Waals surface area contributed by atoms with Crippen LogP contribution in [0.2, 0.25) is 0 Å². The van der Waals surface area contributed by atoms with Gasteiger partial charge in [0.2, 0.25) is 0 Å². The summed E-state index contributed by atoms with van der Waals surface area (Å²) < 4.78 is 0. The van der Waals surface area contributed by atoms with Crippen molar-refractivity contribution in [2.24, 2.45) is 0 Å². The zero-order valence-electron chi connectivity index (χ0n) is 4.34. The summed E-state index contributed by atoms with van der Waals surface area (Å²) in [6, 6.07) is 0. The van der Waals surface area contributed by atoms with Gasteiger partial charge in [0.05, 0.1) is 11.9 Å². The number of hydrogen-bond acceptors (Lipinski definition) is 4. The fraction of sp³-hybridized carbons (Fsp3) is 0. The number of carboxylic acids is 2. The van der Waals surface area contributed by atoms with Crippen LogP contribution in [-0.4, -0.2) is 49.7 Å². The number of carbonyl (C=O) groups is 2. The van der Waals surface area contributed by atoms with Gasteiger partial charge in [-0.2, -0.15) is 0 Å². The Hall–Kier alpha value is 0.200. The smallest absolute Gasteiger partial charge is 0.543 e. The van der Waals surface area contributed by atoms with Crippen molar-refractivity contribution in [1.29, 1.82) is 0 Å². The third-order valence-corrected chi connectivity index (χ3v) is 0.167. The summed E-state index contributed by atoms with van der Waals surface area (Å²) in [5.41, 5.74) is 0. The molecule has 0 unspecified atom stereocenters. The van der Waals surface area contributed by atoms with Gasteiger partial charge in [-0.25, -0.2) is 0 Å². The number of aliphatic carboxylic acids is 2. The molecule has 0 fully saturated rings. The third-order valence-electron chi connectivity index (χ3n) is 0.167. The molecule has 0 bridgehead atoms. The molecule has 34 valence electrons. The molecule has 0 radical (unpaired) electrons. The van der Waals surface area contributed by atoms with E-state index in [4.69, 9.17) is 19.8 Å². The SMILES string of the molecule is O=C([O-])C(=O)[O-].[Ca+2].[H+]. The second kappa shape index (κ2) is 4.36. The predicted octanol–water partition coefficient (Wildman–Crippen LogP) is -3.78. The quantitative estimate of drug-likeness (QED) is 0.248. The Kier molecular flexibility index (Phi) is 6.38. The van der Waals surface area contributed by atoms with Crippen LogP contribution in [0.15, 0.2) is 0 Å².